The fraction of sp³-hybridized carbons (Fsp3) is 0.333. The molecule has 0 heterocycles. The molecule has 0 saturated carbocycles. The molecule has 0 amide bonds. The summed E-state index contributed by atoms with van der Waals surface area (Å²) in [5.41, 5.74) is 0.459. The second-order valence-corrected chi connectivity index (χ2v) is 3.89. The Labute approximate surface area is 99.4 Å². The van der Waals surface area contributed by atoms with Gasteiger partial charge in [0.2, 0.25) is 0 Å². The molecule has 0 aromatic heterocycles. The van der Waals surface area contributed by atoms with E-state index in [0.29, 0.717) is 17.7 Å². The molecule has 0 spiro atoms. The highest BCUT2D eigenvalue weighted by molar-refractivity contribution is 6.33. The van der Waals surface area contributed by atoms with Crippen molar-refractivity contribution in [1.29, 1.82) is 0 Å². The van der Waals surface area contributed by atoms with Gasteiger partial charge in [0, 0.05) is 12.5 Å². The molecule has 1 aromatic rings. The van der Waals surface area contributed by atoms with Crippen LogP contribution in [0.3, 0.4) is 0 Å². The van der Waals surface area contributed by atoms with E-state index in [9.17, 15) is 9.59 Å². The predicted molar refractivity (Wildman–Crippen MR) is 62.0 cm³/mol. The van der Waals surface area contributed by atoms with E-state index in [1.807, 2.05) is 6.92 Å². The number of carbonyl (C=O) groups is 2. The summed E-state index contributed by atoms with van der Waals surface area (Å²) in [6.45, 7) is 3.15. The number of ketones is 1. The van der Waals surface area contributed by atoms with Crippen LogP contribution in [0.5, 0.6) is 5.75 Å². The van der Waals surface area contributed by atoms with Crippen molar-refractivity contribution in [1.82, 2.24) is 0 Å². The van der Waals surface area contributed by atoms with Crippen molar-refractivity contribution >= 4 is 23.4 Å². The molecule has 1 rings (SSSR count). The molecule has 86 valence electrons. The minimum Gasteiger partial charge on any atom is -0.427 e. The smallest absolute Gasteiger partial charge is 0.308 e. The number of benzene rings is 1. The Morgan fingerprint density at radius 3 is 2.69 bits per heavy atom. The molecular formula is C12H13ClO3. The monoisotopic (exact) mass is 240 g/mol. The molecular weight excluding hydrogens is 228 g/mol. The maximum absolute atomic E-state index is 11.7. The standard InChI is InChI=1S/C12H13ClO3/c1-3-11(13)12(15)9-5-4-6-10(7-9)16-8(2)14/h4-7,11H,3H2,1-2H3. The van der Waals surface area contributed by atoms with Gasteiger partial charge in [-0.2, -0.15) is 0 Å². The zero-order valence-corrected chi connectivity index (χ0v) is 9.95. The number of hydrogen-bond donors (Lipinski definition) is 0. The van der Waals surface area contributed by atoms with Crippen LogP contribution in [0.25, 0.3) is 0 Å². The molecule has 0 aliphatic heterocycles. The Balaban J connectivity index is 2.89. The van der Waals surface area contributed by atoms with E-state index < -0.39 is 11.3 Å². The summed E-state index contributed by atoms with van der Waals surface area (Å²) >= 11 is 5.85. The summed E-state index contributed by atoms with van der Waals surface area (Å²) in [5, 5.41) is -0.535. The molecule has 0 aliphatic carbocycles. The molecule has 16 heavy (non-hydrogen) atoms. The van der Waals surface area contributed by atoms with Crippen LogP contribution in [0.15, 0.2) is 24.3 Å². The van der Waals surface area contributed by atoms with E-state index in [4.69, 9.17) is 16.3 Å². The molecule has 4 heteroatoms. The molecule has 0 fully saturated rings. The van der Waals surface area contributed by atoms with E-state index in [1.54, 1.807) is 18.2 Å². The molecule has 0 radical (unpaired) electrons. The van der Waals surface area contributed by atoms with E-state index in [0.717, 1.165) is 0 Å². The SMILES string of the molecule is CCC(Cl)C(=O)c1cccc(OC(C)=O)c1. The van der Waals surface area contributed by atoms with E-state index in [1.165, 1.54) is 13.0 Å². The van der Waals surface area contributed by atoms with Gasteiger partial charge in [0.15, 0.2) is 5.78 Å². The van der Waals surface area contributed by atoms with Crippen LogP contribution >= 0.6 is 11.6 Å². The number of esters is 1. The number of rotatable bonds is 4. The van der Waals surface area contributed by atoms with E-state index >= 15 is 0 Å². The van der Waals surface area contributed by atoms with E-state index in [-0.39, 0.29) is 5.78 Å². The maximum atomic E-state index is 11.7. The molecule has 1 atom stereocenters. The van der Waals surface area contributed by atoms with Crippen LogP contribution in [-0.2, 0) is 4.79 Å². The quantitative estimate of drug-likeness (QED) is 0.352. The van der Waals surface area contributed by atoms with Gasteiger partial charge in [-0.25, -0.2) is 0 Å². The number of ether oxygens (including phenoxy) is 1. The summed E-state index contributed by atoms with van der Waals surface area (Å²) in [5.74, 6) is -0.209. The van der Waals surface area contributed by atoms with Crippen molar-refractivity contribution in [3.63, 3.8) is 0 Å². The lowest BCUT2D eigenvalue weighted by Crippen LogP contribution is -2.13. The largest absolute Gasteiger partial charge is 0.427 e. The lowest BCUT2D eigenvalue weighted by molar-refractivity contribution is -0.131. The number of alkyl halides is 1. The Hall–Kier alpha value is -1.35. The molecule has 1 unspecified atom stereocenters. The summed E-state index contributed by atoms with van der Waals surface area (Å²) in [6, 6.07) is 6.45. The average Bonchev–Trinajstić information content (AvgIpc) is 2.26. The van der Waals surface area contributed by atoms with Gasteiger partial charge >= 0.3 is 5.97 Å². The van der Waals surface area contributed by atoms with Gasteiger partial charge in [-0.3, -0.25) is 9.59 Å². The normalized spacial score (nSPS) is 11.9. The fourth-order valence-corrected chi connectivity index (χ4v) is 1.37. The highest BCUT2D eigenvalue weighted by atomic mass is 35.5. The zero-order valence-electron chi connectivity index (χ0n) is 9.20. The van der Waals surface area contributed by atoms with Crippen LogP contribution in [0, 0.1) is 0 Å². The van der Waals surface area contributed by atoms with Gasteiger partial charge in [-0.15, -0.1) is 11.6 Å². The molecule has 1 aromatic carbocycles. The lowest BCUT2D eigenvalue weighted by Gasteiger charge is -2.07. The third-order valence-corrected chi connectivity index (χ3v) is 2.53. The number of carbonyl (C=O) groups excluding carboxylic acids is 2. The Kier molecular flexibility index (Phi) is 4.50. The lowest BCUT2D eigenvalue weighted by atomic mass is 10.1. The molecule has 0 N–H and O–H groups in total. The minimum atomic E-state index is -0.535. The van der Waals surface area contributed by atoms with Crippen LogP contribution in [-0.4, -0.2) is 17.1 Å². The van der Waals surface area contributed by atoms with Gasteiger partial charge in [0.05, 0.1) is 5.38 Å². The first-order valence-electron chi connectivity index (χ1n) is 5.01. The van der Waals surface area contributed by atoms with Gasteiger partial charge in [0.1, 0.15) is 5.75 Å². The van der Waals surface area contributed by atoms with Crippen LogP contribution in [0.1, 0.15) is 30.6 Å². The van der Waals surface area contributed by atoms with Crippen LogP contribution < -0.4 is 4.74 Å². The van der Waals surface area contributed by atoms with E-state index in [2.05, 4.69) is 0 Å². The molecule has 0 aliphatic rings. The molecule has 0 bridgehead atoms. The first-order valence-corrected chi connectivity index (χ1v) is 5.45. The van der Waals surface area contributed by atoms with Crippen LogP contribution in [0.2, 0.25) is 0 Å². The van der Waals surface area contributed by atoms with Crippen molar-refractivity contribution in [3.05, 3.63) is 29.8 Å². The number of halogens is 1. The third-order valence-electron chi connectivity index (χ3n) is 2.02. The van der Waals surface area contributed by atoms with Gasteiger partial charge in [0.25, 0.3) is 0 Å². The Bertz CT molecular complexity index is 401. The first-order chi connectivity index (χ1) is 7.54. The van der Waals surface area contributed by atoms with Crippen molar-refractivity contribution < 1.29 is 14.3 Å². The van der Waals surface area contributed by atoms with Crippen molar-refractivity contribution in [3.8, 4) is 5.75 Å². The van der Waals surface area contributed by atoms with Gasteiger partial charge in [-0.05, 0) is 18.6 Å². The Morgan fingerprint density at radius 1 is 1.44 bits per heavy atom. The second-order valence-electron chi connectivity index (χ2n) is 3.36. The van der Waals surface area contributed by atoms with Crippen molar-refractivity contribution in [2.45, 2.75) is 25.6 Å². The number of hydrogen-bond acceptors (Lipinski definition) is 3. The number of Topliss-reactive ketones (excluding diaryl/α,β-unsaturated/α-hetero) is 1. The summed E-state index contributed by atoms with van der Waals surface area (Å²) < 4.78 is 4.88. The van der Waals surface area contributed by atoms with Crippen molar-refractivity contribution in [2.75, 3.05) is 0 Å². The van der Waals surface area contributed by atoms with Gasteiger partial charge < -0.3 is 4.74 Å². The maximum Gasteiger partial charge on any atom is 0.308 e. The highest BCUT2D eigenvalue weighted by Crippen LogP contribution is 2.17. The second kappa shape index (κ2) is 5.66. The van der Waals surface area contributed by atoms with Gasteiger partial charge in [-0.1, -0.05) is 19.1 Å². The zero-order chi connectivity index (χ0) is 12.1. The summed E-state index contributed by atoms with van der Waals surface area (Å²) in [4.78, 5) is 22.5. The summed E-state index contributed by atoms with van der Waals surface area (Å²) in [7, 11) is 0. The fourth-order valence-electron chi connectivity index (χ4n) is 1.25. The minimum absolute atomic E-state index is 0.154. The van der Waals surface area contributed by atoms with Crippen LogP contribution in [0.4, 0.5) is 0 Å². The third kappa shape index (κ3) is 3.35. The predicted octanol–water partition coefficient (Wildman–Crippen LogP) is 2.81. The molecule has 0 saturated heterocycles. The first kappa shape index (κ1) is 12.7. The van der Waals surface area contributed by atoms with Crippen molar-refractivity contribution in [2.24, 2.45) is 0 Å². The average molecular weight is 241 g/mol. The molecule has 3 nitrogen and oxygen atoms in total. The topological polar surface area (TPSA) is 43.4 Å². The summed E-state index contributed by atoms with van der Waals surface area (Å²) in [6.07, 6.45) is 0.568. The highest BCUT2D eigenvalue weighted by Gasteiger charge is 2.15. The Morgan fingerprint density at radius 2 is 2.12 bits per heavy atom.